The molecule has 0 amide bonds. The molecule has 4 aliphatic rings. The van der Waals surface area contributed by atoms with Gasteiger partial charge in [-0.25, -0.2) is 9.89 Å². The van der Waals surface area contributed by atoms with Crippen molar-refractivity contribution in [2.24, 2.45) is 11.3 Å². The second-order valence-electron chi connectivity index (χ2n) is 11.2. The first-order valence-corrected chi connectivity index (χ1v) is 12.5. The normalized spacial score (nSPS) is 26.4. The lowest BCUT2D eigenvalue weighted by molar-refractivity contribution is 0.0117. The van der Waals surface area contributed by atoms with Crippen molar-refractivity contribution in [1.82, 2.24) is 14.8 Å². The van der Waals surface area contributed by atoms with Crippen LogP contribution in [0.25, 0.3) is 11.3 Å². The number of nitrogens with zero attached hydrogens (tertiary/aromatic N) is 2. The second-order valence-corrected chi connectivity index (χ2v) is 11.2. The van der Waals surface area contributed by atoms with Crippen LogP contribution in [0.1, 0.15) is 86.3 Å². The number of carbonyl (C=O) groups is 1. The number of hydrogen-bond donors (Lipinski definition) is 1. The zero-order valence-electron chi connectivity index (χ0n) is 20.9. The molecule has 2 heterocycles. The van der Waals surface area contributed by atoms with Gasteiger partial charge in [-0.2, -0.15) is 5.10 Å². The molecule has 180 valence electrons. The number of aromatic nitrogens is 3. The predicted molar refractivity (Wildman–Crippen MR) is 132 cm³/mol. The molecule has 0 bridgehead atoms. The lowest BCUT2D eigenvalue weighted by atomic mass is 9.49. The Morgan fingerprint density at radius 2 is 2.06 bits per heavy atom. The third-order valence-electron chi connectivity index (χ3n) is 8.73. The minimum Gasteiger partial charge on any atom is -0.465 e. The summed E-state index contributed by atoms with van der Waals surface area (Å²) in [5.41, 5.74) is 5.49. The zero-order valence-corrected chi connectivity index (χ0v) is 20.9. The maximum Gasteiger partial charge on any atom is 0.341 e. The number of esters is 1. The van der Waals surface area contributed by atoms with Crippen molar-refractivity contribution in [2.75, 3.05) is 7.11 Å². The number of benzene rings is 1. The summed E-state index contributed by atoms with van der Waals surface area (Å²) >= 11 is 0. The van der Waals surface area contributed by atoms with Crippen molar-refractivity contribution in [2.45, 2.75) is 77.7 Å². The minimum atomic E-state index is -0.475. The summed E-state index contributed by atoms with van der Waals surface area (Å²) in [4.78, 5) is 24.8. The Morgan fingerprint density at radius 3 is 2.79 bits per heavy atom. The molecular weight excluding hydrogens is 426 g/mol. The van der Waals surface area contributed by atoms with Gasteiger partial charge < -0.3 is 9.30 Å². The van der Waals surface area contributed by atoms with Crippen LogP contribution in [0.15, 0.2) is 35.4 Å². The minimum absolute atomic E-state index is 0.0416. The molecule has 6 nitrogen and oxygen atoms in total. The molecule has 0 radical (unpaired) electrons. The first-order chi connectivity index (χ1) is 16.2. The monoisotopic (exact) mass is 461 g/mol. The highest BCUT2D eigenvalue weighted by molar-refractivity contribution is 5.95. The van der Waals surface area contributed by atoms with Crippen molar-refractivity contribution >= 4 is 5.97 Å². The Morgan fingerprint density at radius 1 is 1.26 bits per heavy atom. The molecule has 2 aliphatic heterocycles. The van der Waals surface area contributed by atoms with Crippen LogP contribution in [0, 0.1) is 11.3 Å². The fourth-order valence-corrected chi connectivity index (χ4v) is 7.05. The van der Waals surface area contributed by atoms with Crippen LogP contribution in [0.5, 0.6) is 0 Å². The SMILES string of the molecule is COC(=O)c1cn(C[C@]2(C)CCC[C@]3(C)c4ccc(C(C)C)cc4CCC23)cc2c(=O)[nH]nc1-2. The van der Waals surface area contributed by atoms with Gasteiger partial charge in [0.15, 0.2) is 0 Å². The number of nitrogens with one attached hydrogen (secondary N) is 1. The van der Waals surface area contributed by atoms with E-state index in [-0.39, 0.29) is 16.4 Å². The number of fused-ring (bicyclic) bond motifs is 4. The molecule has 1 aromatic carbocycles. The number of pyridine rings is 1. The van der Waals surface area contributed by atoms with Gasteiger partial charge in [-0.15, -0.1) is 0 Å². The molecule has 2 aliphatic carbocycles. The quantitative estimate of drug-likeness (QED) is 0.535. The molecule has 5 rings (SSSR count). The van der Waals surface area contributed by atoms with Gasteiger partial charge >= 0.3 is 5.97 Å². The van der Waals surface area contributed by atoms with E-state index < -0.39 is 5.97 Å². The van der Waals surface area contributed by atoms with Crippen molar-refractivity contribution in [1.29, 1.82) is 0 Å². The summed E-state index contributed by atoms with van der Waals surface area (Å²) in [5.74, 6) is 0.584. The molecule has 34 heavy (non-hydrogen) atoms. The zero-order chi connectivity index (χ0) is 24.3. The predicted octanol–water partition coefficient (Wildman–Crippen LogP) is 5.30. The largest absolute Gasteiger partial charge is 0.465 e. The Labute approximate surface area is 201 Å². The van der Waals surface area contributed by atoms with E-state index in [0.717, 1.165) is 25.8 Å². The number of methoxy groups -OCH3 is 1. The molecule has 3 atom stereocenters. The van der Waals surface area contributed by atoms with E-state index in [1.54, 1.807) is 6.20 Å². The molecule has 1 unspecified atom stereocenters. The molecule has 1 fully saturated rings. The van der Waals surface area contributed by atoms with Crippen LogP contribution in [0.3, 0.4) is 0 Å². The van der Waals surface area contributed by atoms with Crippen molar-refractivity contribution in [3.8, 4) is 11.3 Å². The lowest BCUT2D eigenvalue weighted by Gasteiger charge is -2.56. The Kier molecular flexibility index (Phi) is 5.45. The van der Waals surface area contributed by atoms with E-state index in [9.17, 15) is 9.59 Å². The average molecular weight is 462 g/mol. The maximum atomic E-state index is 12.5. The molecule has 1 N–H and O–H groups in total. The topological polar surface area (TPSA) is 77.0 Å². The smallest absolute Gasteiger partial charge is 0.341 e. The standard InChI is InChI=1S/C28H35N3O3/c1-17(2)18-7-9-22-19(13-18)8-10-23-27(3,11-6-12-28(22,23)4)16-31-14-20-24(29-30-25(20)32)21(15-31)26(33)34-5/h7,9,13-15,17,23H,6,8,10-12,16H2,1-5H3,(H,30,32)/t23?,27-,28+/m0/s1. The third kappa shape index (κ3) is 3.50. The average Bonchev–Trinajstić information content (AvgIpc) is 3.18. The summed E-state index contributed by atoms with van der Waals surface area (Å²) in [7, 11) is 1.36. The van der Waals surface area contributed by atoms with Crippen LogP contribution in [0.2, 0.25) is 0 Å². The number of aryl methyl sites for hydroxylation is 1. The van der Waals surface area contributed by atoms with Gasteiger partial charge in [-0.1, -0.05) is 52.3 Å². The van der Waals surface area contributed by atoms with E-state index >= 15 is 0 Å². The van der Waals surface area contributed by atoms with Crippen LogP contribution < -0.4 is 5.56 Å². The number of aromatic amines is 1. The van der Waals surface area contributed by atoms with Gasteiger partial charge in [-0.3, -0.25) is 4.79 Å². The van der Waals surface area contributed by atoms with Gasteiger partial charge in [0.1, 0.15) is 11.3 Å². The van der Waals surface area contributed by atoms with Gasteiger partial charge in [0.25, 0.3) is 5.56 Å². The lowest BCUT2D eigenvalue weighted by Crippen LogP contribution is -2.50. The van der Waals surface area contributed by atoms with E-state index in [1.807, 2.05) is 10.8 Å². The van der Waals surface area contributed by atoms with Crippen molar-refractivity contribution in [3.63, 3.8) is 0 Å². The number of rotatable bonds is 4. The highest BCUT2D eigenvalue weighted by atomic mass is 16.5. The van der Waals surface area contributed by atoms with Crippen molar-refractivity contribution < 1.29 is 9.53 Å². The van der Waals surface area contributed by atoms with E-state index in [0.29, 0.717) is 28.7 Å². The summed E-state index contributed by atoms with van der Waals surface area (Å²) in [6, 6.07) is 7.16. The maximum absolute atomic E-state index is 12.5. The number of ether oxygens (including phenoxy) is 1. The molecule has 1 saturated carbocycles. The van der Waals surface area contributed by atoms with E-state index in [2.05, 4.69) is 56.1 Å². The molecule has 0 saturated heterocycles. The molecule has 1 aromatic rings. The molecule has 6 heteroatoms. The van der Waals surface area contributed by atoms with Gasteiger partial charge in [-0.05, 0) is 65.0 Å². The first-order valence-electron chi connectivity index (χ1n) is 12.5. The van der Waals surface area contributed by atoms with E-state index in [1.165, 1.54) is 36.6 Å². The fourth-order valence-electron chi connectivity index (χ4n) is 7.05. The summed E-state index contributed by atoms with van der Waals surface area (Å²) in [6.07, 6.45) is 9.40. The fraction of sp³-hybridized carbons (Fsp3) is 0.536. The van der Waals surface area contributed by atoms with Crippen molar-refractivity contribution in [3.05, 3.63) is 63.2 Å². The van der Waals surface area contributed by atoms with Crippen LogP contribution in [-0.4, -0.2) is 27.8 Å². The third-order valence-corrected chi connectivity index (χ3v) is 8.73. The van der Waals surface area contributed by atoms with Crippen LogP contribution >= 0.6 is 0 Å². The summed E-state index contributed by atoms with van der Waals surface area (Å²) < 4.78 is 7.01. The Balaban J connectivity index is 1.54. The number of H-pyrrole nitrogens is 1. The Bertz CT molecular complexity index is 1270. The Hall–Kier alpha value is -2.89. The molecule has 0 aromatic heterocycles. The first kappa shape index (κ1) is 22.9. The summed E-state index contributed by atoms with van der Waals surface area (Å²) in [6.45, 7) is 10.1. The molecule has 0 spiro atoms. The van der Waals surface area contributed by atoms with Gasteiger partial charge in [0, 0.05) is 18.9 Å². The van der Waals surface area contributed by atoms with Crippen LogP contribution in [0.4, 0.5) is 0 Å². The van der Waals surface area contributed by atoms with E-state index in [4.69, 9.17) is 4.74 Å². The highest BCUT2D eigenvalue weighted by Crippen LogP contribution is 2.58. The van der Waals surface area contributed by atoms with Gasteiger partial charge in [0.2, 0.25) is 0 Å². The highest BCUT2D eigenvalue weighted by Gasteiger charge is 2.51. The summed E-state index contributed by atoms with van der Waals surface area (Å²) in [5, 5.41) is 6.55. The number of hydrogen-bond acceptors (Lipinski definition) is 4. The number of carbonyl (C=O) groups excluding carboxylic acids is 1. The van der Waals surface area contributed by atoms with Crippen LogP contribution in [-0.2, 0) is 23.1 Å². The molecular formula is C28H35N3O3. The van der Waals surface area contributed by atoms with Gasteiger partial charge in [0.05, 0.1) is 12.7 Å². The second kappa shape index (κ2) is 8.10.